The minimum Gasteiger partial charge on any atom is -0.410 e. The lowest BCUT2D eigenvalue weighted by atomic mass is 10.3. The first-order chi connectivity index (χ1) is 9.61. The smallest absolute Gasteiger partial charge is 0.293 e. The van der Waals surface area contributed by atoms with Gasteiger partial charge in [-0.05, 0) is 12.1 Å². The van der Waals surface area contributed by atoms with E-state index in [0.29, 0.717) is 11.0 Å². The molecule has 2 rings (SSSR count). The zero-order chi connectivity index (χ0) is 14.5. The number of Topliss-reactive ketones (excluding diaryl/α,β-unsaturated/α-hetero) is 1. The van der Waals surface area contributed by atoms with Crippen LogP contribution in [0.3, 0.4) is 0 Å². The number of carbonyl (C=O) groups excluding carboxylic acids is 1. The van der Waals surface area contributed by atoms with Crippen LogP contribution < -0.4 is 11.0 Å². The lowest BCUT2D eigenvalue weighted by molar-refractivity contribution is -0.111. The Labute approximate surface area is 112 Å². The third-order valence-electron chi connectivity index (χ3n) is 2.43. The number of fused-ring (bicyclic) bond motifs is 1. The van der Waals surface area contributed by atoms with Crippen LogP contribution in [0.1, 0.15) is 6.92 Å². The molecule has 0 aliphatic heterocycles. The summed E-state index contributed by atoms with van der Waals surface area (Å²) in [7, 11) is 0. The molecule has 0 saturated heterocycles. The number of ketones is 1. The van der Waals surface area contributed by atoms with Crippen LogP contribution in [-0.2, 0) is 4.79 Å². The highest BCUT2D eigenvalue weighted by atomic mass is 16.4. The maximum absolute atomic E-state index is 11.7. The Bertz CT molecular complexity index is 763. The van der Waals surface area contributed by atoms with Gasteiger partial charge in [0, 0.05) is 6.92 Å². The van der Waals surface area contributed by atoms with E-state index < -0.39 is 11.3 Å². The van der Waals surface area contributed by atoms with Crippen LogP contribution in [0.5, 0.6) is 0 Å². The zero-order valence-electron chi connectivity index (χ0n) is 10.5. The molecule has 2 aromatic rings. The predicted octanol–water partition coefficient (Wildman–Crippen LogP) is 0.740. The van der Waals surface area contributed by atoms with Crippen molar-refractivity contribution in [3.8, 4) is 0 Å². The number of nitrogens with one attached hydrogen (secondary N) is 2. The summed E-state index contributed by atoms with van der Waals surface area (Å²) >= 11 is 0. The van der Waals surface area contributed by atoms with E-state index in [1.54, 1.807) is 24.3 Å². The molecule has 8 heteroatoms. The van der Waals surface area contributed by atoms with Gasteiger partial charge in [0.1, 0.15) is 0 Å². The molecule has 20 heavy (non-hydrogen) atoms. The van der Waals surface area contributed by atoms with Crippen molar-refractivity contribution in [3.63, 3.8) is 0 Å². The first-order valence-electron chi connectivity index (χ1n) is 5.63. The molecule has 1 heterocycles. The van der Waals surface area contributed by atoms with Gasteiger partial charge < -0.3 is 10.2 Å². The summed E-state index contributed by atoms with van der Waals surface area (Å²) in [6.45, 7) is 1.22. The standard InChI is InChI=1S/C12H11N5O3/c1-7(18)10(17-20)6-13-16-11-12(19)15-9-5-3-2-4-8(9)14-11/h2-6,20H,1H3,(H,14,16)(H,15,19). The predicted molar refractivity (Wildman–Crippen MR) is 74.4 cm³/mol. The van der Waals surface area contributed by atoms with E-state index in [1.165, 1.54) is 6.92 Å². The molecule has 0 atom stereocenters. The number of para-hydroxylation sites is 2. The second kappa shape index (κ2) is 5.74. The van der Waals surface area contributed by atoms with Crippen molar-refractivity contribution >= 4 is 34.6 Å². The fraction of sp³-hybridized carbons (Fsp3) is 0.0833. The van der Waals surface area contributed by atoms with Crippen molar-refractivity contribution in [1.82, 2.24) is 9.97 Å². The molecule has 0 unspecified atom stereocenters. The number of hydrogen-bond donors (Lipinski definition) is 3. The Kier molecular flexibility index (Phi) is 3.85. The van der Waals surface area contributed by atoms with Gasteiger partial charge in [0.2, 0.25) is 5.82 Å². The van der Waals surface area contributed by atoms with Crippen LogP contribution >= 0.6 is 0 Å². The van der Waals surface area contributed by atoms with Crippen molar-refractivity contribution in [1.29, 1.82) is 0 Å². The molecule has 0 amide bonds. The summed E-state index contributed by atoms with van der Waals surface area (Å²) in [4.78, 5) is 29.4. The minimum absolute atomic E-state index is 0.0270. The van der Waals surface area contributed by atoms with Gasteiger partial charge in [-0.3, -0.25) is 15.0 Å². The summed E-state index contributed by atoms with van der Waals surface area (Å²) in [6.07, 6.45) is 0.999. The van der Waals surface area contributed by atoms with E-state index in [0.717, 1.165) is 6.21 Å². The third-order valence-corrected chi connectivity index (χ3v) is 2.43. The second-order valence-electron chi connectivity index (χ2n) is 3.84. The van der Waals surface area contributed by atoms with Crippen molar-refractivity contribution < 1.29 is 10.0 Å². The lowest BCUT2D eigenvalue weighted by Gasteiger charge is -2.01. The maximum Gasteiger partial charge on any atom is 0.293 e. The van der Waals surface area contributed by atoms with Crippen LogP contribution in [0.2, 0.25) is 0 Å². The highest BCUT2D eigenvalue weighted by Gasteiger charge is 2.04. The van der Waals surface area contributed by atoms with Crippen molar-refractivity contribution in [3.05, 3.63) is 34.6 Å². The van der Waals surface area contributed by atoms with Crippen LogP contribution in [0.4, 0.5) is 5.82 Å². The second-order valence-corrected chi connectivity index (χ2v) is 3.84. The lowest BCUT2D eigenvalue weighted by Crippen LogP contribution is -2.16. The molecule has 3 N–H and O–H groups in total. The Hall–Kier alpha value is -3.03. The summed E-state index contributed by atoms with van der Waals surface area (Å²) in [5.74, 6) is -0.487. The van der Waals surface area contributed by atoms with E-state index in [2.05, 4.69) is 25.7 Å². The summed E-state index contributed by atoms with van der Waals surface area (Å²) in [6, 6.07) is 7.02. The monoisotopic (exact) mass is 273 g/mol. The Morgan fingerprint density at radius 3 is 2.90 bits per heavy atom. The van der Waals surface area contributed by atoms with Crippen LogP contribution in [-0.4, -0.2) is 32.9 Å². The van der Waals surface area contributed by atoms with Crippen molar-refractivity contribution in [2.75, 3.05) is 5.43 Å². The molecule has 1 aromatic heterocycles. The number of anilines is 1. The van der Waals surface area contributed by atoms with Crippen molar-refractivity contribution in [2.45, 2.75) is 6.92 Å². The molecule has 102 valence electrons. The molecule has 0 saturated carbocycles. The summed E-state index contributed by atoms with van der Waals surface area (Å²) in [5, 5.41) is 14.9. The van der Waals surface area contributed by atoms with Crippen molar-refractivity contribution in [2.24, 2.45) is 10.3 Å². The van der Waals surface area contributed by atoms with Gasteiger partial charge >= 0.3 is 0 Å². The number of hydrogen-bond acceptors (Lipinski definition) is 7. The van der Waals surface area contributed by atoms with Crippen LogP contribution in [0.15, 0.2) is 39.3 Å². The fourth-order valence-corrected chi connectivity index (χ4v) is 1.45. The highest BCUT2D eigenvalue weighted by Crippen LogP contribution is 2.07. The topological polar surface area (TPSA) is 120 Å². The fourth-order valence-electron chi connectivity index (χ4n) is 1.45. The average molecular weight is 273 g/mol. The van der Waals surface area contributed by atoms with Gasteiger partial charge in [-0.15, -0.1) is 0 Å². The first kappa shape index (κ1) is 13.4. The SMILES string of the molecule is CC(=O)C(C=NNc1nc2ccccc2[nH]c1=O)=NO. The molecule has 0 radical (unpaired) electrons. The molecule has 1 aromatic carbocycles. The highest BCUT2D eigenvalue weighted by molar-refractivity contribution is 6.60. The van der Waals surface area contributed by atoms with Crippen LogP contribution in [0, 0.1) is 0 Å². The van der Waals surface area contributed by atoms with Gasteiger partial charge in [0.15, 0.2) is 11.5 Å². The molecule has 8 nitrogen and oxygen atoms in total. The van der Waals surface area contributed by atoms with Crippen LogP contribution in [0.25, 0.3) is 11.0 Å². The number of rotatable bonds is 4. The Morgan fingerprint density at radius 2 is 2.20 bits per heavy atom. The molecule has 0 bridgehead atoms. The minimum atomic E-state index is -0.460. The molecule has 0 fully saturated rings. The zero-order valence-corrected chi connectivity index (χ0v) is 10.5. The number of carbonyl (C=O) groups is 1. The Balaban J connectivity index is 2.26. The average Bonchev–Trinajstić information content (AvgIpc) is 2.43. The summed E-state index contributed by atoms with van der Waals surface area (Å²) in [5.41, 5.74) is 2.90. The molecule has 0 spiro atoms. The van der Waals surface area contributed by atoms with E-state index in [4.69, 9.17) is 5.21 Å². The van der Waals surface area contributed by atoms with Gasteiger partial charge in [-0.2, -0.15) is 5.10 Å². The summed E-state index contributed by atoms with van der Waals surface area (Å²) < 4.78 is 0. The normalized spacial score (nSPS) is 11.9. The number of oxime groups is 1. The van der Waals surface area contributed by atoms with E-state index >= 15 is 0 Å². The largest absolute Gasteiger partial charge is 0.410 e. The number of nitrogens with zero attached hydrogens (tertiary/aromatic N) is 3. The first-order valence-corrected chi connectivity index (χ1v) is 5.63. The van der Waals surface area contributed by atoms with Gasteiger partial charge in [0.05, 0.1) is 17.2 Å². The number of aromatic nitrogens is 2. The number of H-pyrrole nitrogens is 1. The molecular formula is C12H11N5O3. The molecule has 0 aliphatic rings. The number of aromatic amines is 1. The van der Waals surface area contributed by atoms with E-state index in [9.17, 15) is 9.59 Å². The third kappa shape index (κ3) is 2.86. The Morgan fingerprint density at radius 1 is 1.45 bits per heavy atom. The quantitative estimate of drug-likeness (QED) is 0.431. The van der Waals surface area contributed by atoms with Gasteiger partial charge in [-0.25, -0.2) is 4.98 Å². The van der Waals surface area contributed by atoms with Gasteiger partial charge in [0.25, 0.3) is 5.56 Å². The number of hydrazone groups is 1. The van der Waals surface area contributed by atoms with E-state index in [1.807, 2.05) is 0 Å². The molecular weight excluding hydrogens is 262 g/mol. The van der Waals surface area contributed by atoms with Gasteiger partial charge in [-0.1, -0.05) is 17.3 Å². The molecule has 0 aliphatic carbocycles. The maximum atomic E-state index is 11.7. The van der Waals surface area contributed by atoms with E-state index in [-0.39, 0.29) is 11.5 Å². The number of benzene rings is 1.